The van der Waals surface area contributed by atoms with Crippen LogP contribution in [0.15, 0.2) is 35.3 Å². The number of aliphatic imine (C=N–C) groups is 1. The summed E-state index contributed by atoms with van der Waals surface area (Å²) in [6.07, 6.45) is 0. The average Bonchev–Trinajstić information content (AvgIpc) is 2.46. The second-order valence-corrected chi connectivity index (χ2v) is 5.95. The van der Waals surface area contributed by atoms with Crippen molar-refractivity contribution >= 4 is 29.9 Å². The number of nitrogens with one attached hydrogen (secondary N) is 2. The van der Waals surface area contributed by atoms with Gasteiger partial charge in [-0.3, -0.25) is 4.99 Å². The predicted molar refractivity (Wildman–Crippen MR) is 105 cm³/mol. The van der Waals surface area contributed by atoms with E-state index in [-0.39, 0.29) is 35.4 Å². The minimum Gasteiger partial charge on any atom is -0.383 e. The molecule has 0 saturated heterocycles. The Morgan fingerprint density at radius 2 is 1.91 bits per heavy atom. The van der Waals surface area contributed by atoms with Gasteiger partial charge in [-0.15, -0.1) is 24.0 Å². The highest BCUT2D eigenvalue weighted by Gasteiger charge is 2.20. The first-order chi connectivity index (χ1) is 9.99. The van der Waals surface area contributed by atoms with Crippen LogP contribution in [-0.2, 0) is 10.2 Å². The largest absolute Gasteiger partial charge is 0.383 e. The highest BCUT2D eigenvalue weighted by molar-refractivity contribution is 14.0. The van der Waals surface area contributed by atoms with Crippen molar-refractivity contribution in [3.8, 4) is 0 Å². The third kappa shape index (κ3) is 7.45. The molecule has 0 fully saturated rings. The summed E-state index contributed by atoms with van der Waals surface area (Å²) in [6, 6.07) is 10.7. The number of hydrogen-bond acceptors (Lipinski definition) is 2. The molecule has 0 aliphatic carbocycles. The lowest BCUT2D eigenvalue weighted by atomic mass is 9.85. The molecule has 0 saturated carbocycles. The zero-order valence-corrected chi connectivity index (χ0v) is 16.7. The minimum atomic E-state index is 0. The van der Waals surface area contributed by atoms with Gasteiger partial charge in [0.05, 0.1) is 13.2 Å². The maximum absolute atomic E-state index is 5.15. The monoisotopic (exact) mass is 419 g/mol. The molecule has 126 valence electrons. The second-order valence-electron chi connectivity index (χ2n) is 5.95. The van der Waals surface area contributed by atoms with Gasteiger partial charge in [0.15, 0.2) is 5.96 Å². The SMILES string of the molecule is CCNC(=NCC(C)(C)c1ccccc1)NC(C)COC.I. The topological polar surface area (TPSA) is 45.7 Å². The summed E-state index contributed by atoms with van der Waals surface area (Å²) in [5, 5.41) is 6.64. The molecule has 2 N–H and O–H groups in total. The van der Waals surface area contributed by atoms with Crippen LogP contribution in [0.2, 0.25) is 0 Å². The summed E-state index contributed by atoms with van der Waals surface area (Å²) in [5.74, 6) is 0.839. The van der Waals surface area contributed by atoms with E-state index >= 15 is 0 Å². The van der Waals surface area contributed by atoms with Crippen molar-refractivity contribution in [1.29, 1.82) is 0 Å². The van der Waals surface area contributed by atoms with Crippen LogP contribution in [0.1, 0.15) is 33.3 Å². The maximum atomic E-state index is 5.15. The van der Waals surface area contributed by atoms with Gasteiger partial charge in [-0.1, -0.05) is 44.2 Å². The number of hydrogen-bond donors (Lipinski definition) is 2. The number of halogens is 1. The number of nitrogens with zero attached hydrogens (tertiary/aromatic N) is 1. The standard InChI is InChI=1S/C17H29N3O.HI/c1-6-18-16(20-14(2)12-21-5)19-13-17(3,4)15-10-8-7-9-11-15;/h7-11,14H,6,12-13H2,1-5H3,(H2,18,19,20);1H. The maximum Gasteiger partial charge on any atom is 0.191 e. The predicted octanol–water partition coefficient (Wildman–Crippen LogP) is 3.17. The highest BCUT2D eigenvalue weighted by Crippen LogP contribution is 2.22. The highest BCUT2D eigenvalue weighted by atomic mass is 127. The Bertz CT molecular complexity index is 435. The van der Waals surface area contributed by atoms with Crippen molar-refractivity contribution in [3.63, 3.8) is 0 Å². The molecule has 1 unspecified atom stereocenters. The van der Waals surface area contributed by atoms with E-state index in [2.05, 4.69) is 62.6 Å². The van der Waals surface area contributed by atoms with E-state index in [4.69, 9.17) is 9.73 Å². The van der Waals surface area contributed by atoms with Gasteiger partial charge >= 0.3 is 0 Å². The van der Waals surface area contributed by atoms with Crippen molar-refractivity contribution < 1.29 is 4.74 Å². The van der Waals surface area contributed by atoms with Gasteiger partial charge < -0.3 is 15.4 Å². The van der Waals surface area contributed by atoms with Gasteiger partial charge in [-0.05, 0) is 19.4 Å². The first kappa shape index (κ1) is 21.2. The molecule has 1 rings (SSSR count). The van der Waals surface area contributed by atoms with Gasteiger partial charge in [0.2, 0.25) is 0 Å². The third-order valence-electron chi connectivity index (χ3n) is 3.33. The molecule has 4 nitrogen and oxygen atoms in total. The van der Waals surface area contributed by atoms with E-state index < -0.39 is 0 Å². The lowest BCUT2D eigenvalue weighted by Gasteiger charge is -2.24. The lowest BCUT2D eigenvalue weighted by molar-refractivity contribution is 0.179. The number of guanidine groups is 1. The molecule has 0 spiro atoms. The summed E-state index contributed by atoms with van der Waals surface area (Å²) in [5.41, 5.74) is 1.31. The Balaban J connectivity index is 0.00000441. The number of ether oxygens (including phenoxy) is 1. The van der Waals surface area contributed by atoms with Crippen LogP contribution in [0, 0.1) is 0 Å². The van der Waals surface area contributed by atoms with Gasteiger partial charge in [-0.2, -0.15) is 0 Å². The van der Waals surface area contributed by atoms with Crippen LogP contribution in [0.5, 0.6) is 0 Å². The Kier molecular flexibility index (Phi) is 10.4. The molecule has 0 aliphatic heterocycles. The van der Waals surface area contributed by atoms with E-state index in [1.54, 1.807) is 7.11 Å². The molecule has 1 aromatic carbocycles. The summed E-state index contributed by atoms with van der Waals surface area (Å²) < 4.78 is 5.15. The number of rotatable bonds is 7. The fraction of sp³-hybridized carbons (Fsp3) is 0.588. The van der Waals surface area contributed by atoms with Gasteiger partial charge in [-0.25, -0.2) is 0 Å². The first-order valence-corrected chi connectivity index (χ1v) is 7.59. The van der Waals surface area contributed by atoms with Gasteiger partial charge in [0.25, 0.3) is 0 Å². The quantitative estimate of drug-likeness (QED) is 0.406. The molecule has 1 atom stereocenters. The van der Waals surface area contributed by atoms with E-state index in [1.165, 1.54) is 5.56 Å². The smallest absolute Gasteiger partial charge is 0.191 e. The van der Waals surface area contributed by atoms with Crippen molar-refractivity contribution in [2.75, 3.05) is 26.8 Å². The zero-order chi connectivity index (χ0) is 15.7. The number of methoxy groups -OCH3 is 1. The Morgan fingerprint density at radius 3 is 2.45 bits per heavy atom. The summed E-state index contributed by atoms with van der Waals surface area (Å²) >= 11 is 0. The summed E-state index contributed by atoms with van der Waals surface area (Å²) in [6.45, 7) is 10.8. The van der Waals surface area contributed by atoms with Crippen molar-refractivity contribution in [2.45, 2.75) is 39.2 Å². The molecular weight excluding hydrogens is 389 g/mol. The van der Waals surface area contributed by atoms with Gasteiger partial charge in [0, 0.05) is 25.1 Å². The normalized spacial score (nSPS) is 13.2. The van der Waals surface area contributed by atoms with Crippen LogP contribution < -0.4 is 10.6 Å². The fourth-order valence-electron chi connectivity index (χ4n) is 2.10. The molecule has 0 bridgehead atoms. The lowest BCUT2D eigenvalue weighted by Crippen LogP contribution is -2.44. The van der Waals surface area contributed by atoms with Crippen LogP contribution in [-0.4, -0.2) is 38.8 Å². The van der Waals surface area contributed by atoms with E-state index in [0.717, 1.165) is 19.0 Å². The Hall–Kier alpha value is -0.820. The molecular formula is C17H30IN3O. The Morgan fingerprint density at radius 1 is 1.27 bits per heavy atom. The van der Waals surface area contributed by atoms with Crippen molar-refractivity contribution in [3.05, 3.63) is 35.9 Å². The van der Waals surface area contributed by atoms with Crippen molar-refractivity contribution in [2.24, 2.45) is 4.99 Å². The molecule has 0 aliphatic rings. The molecule has 0 aromatic heterocycles. The van der Waals surface area contributed by atoms with Crippen LogP contribution in [0.25, 0.3) is 0 Å². The van der Waals surface area contributed by atoms with Crippen molar-refractivity contribution in [1.82, 2.24) is 10.6 Å². The van der Waals surface area contributed by atoms with Crippen LogP contribution in [0.3, 0.4) is 0 Å². The summed E-state index contributed by atoms with van der Waals surface area (Å²) in [4.78, 5) is 4.72. The molecule has 22 heavy (non-hydrogen) atoms. The molecule has 0 heterocycles. The molecule has 5 heteroatoms. The van der Waals surface area contributed by atoms with Crippen LogP contribution >= 0.6 is 24.0 Å². The second kappa shape index (κ2) is 10.8. The zero-order valence-electron chi connectivity index (χ0n) is 14.3. The first-order valence-electron chi connectivity index (χ1n) is 7.59. The average molecular weight is 419 g/mol. The molecule has 0 amide bonds. The fourth-order valence-corrected chi connectivity index (χ4v) is 2.10. The molecule has 1 aromatic rings. The van der Waals surface area contributed by atoms with E-state index in [1.807, 2.05) is 6.07 Å². The third-order valence-corrected chi connectivity index (χ3v) is 3.33. The molecule has 0 radical (unpaired) electrons. The van der Waals surface area contributed by atoms with E-state index in [9.17, 15) is 0 Å². The minimum absolute atomic E-state index is 0. The van der Waals surface area contributed by atoms with Gasteiger partial charge in [0.1, 0.15) is 0 Å². The summed E-state index contributed by atoms with van der Waals surface area (Å²) in [7, 11) is 1.71. The Labute approximate surface area is 152 Å². The van der Waals surface area contributed by atoms with Crippen LogP contribution in [0.4, 0.5) is 0 Å². The van der Waals surface area contributed by atoms with E-state index in [0.29, 0.717) is 6.61 Å². The number of benzene rings is 1.